The predicted octanol–water partition coefficient (Wildman–Crippen LogP) is 3.19. The summed E-state index contributed by atoms with van der Waals surface area (Å²) in [6.45, 7) is 17.6. The number of hydrogen-bond acceptors (Lipinski definition) is 5. The highest BCUT2D eigenvalue weighted by molar-refractivity contribution is 9.07. The Morgan fingerprint density at radius 2 is 1.48 bits per heavy atom. The monoisotopic (exact) mass is 422 g/mol. The van der Waals surface area contributed by atoms with E-state index in [0.717, 1.165) is 6.42 Å². The van der Waals surface area contributed by atoms with Crippen molar-refractivity contribution in [3.63, 3.8) is 0 Å². The molecule has 0 unspecified atom stereocenters. The minimum atomic E-state index is -0.534. The average molecular weight is 423 g/mol. The molecule has 0 radical (unpaired) electrons. The Hall–Kier alpha value is -0.210. The van der Waals surface area contributed by atoms with Gasteiger partial charge in [0.1, 0.15) is 11.2 Å². The Balaban J connectivity index is 2.13. The lowest BCUT2D eigenvalue weighted by atomic mass is 10.1. The zero-order valence-corrected chi connectivity index (χ0v) is 18.4. The second-order valence-corrected chi connectivity index (χ2v) is 9.04. The average Bonchev–Trinajstić information content (AvgIpc) is 2.59. The molecule has 0 saturated carbocycles. The normalized spacial score (nSPS) is 20.5. The summed E-state index contributed by atoms with van der Waals surface area (Å²) in [5.41, 5.74) is -1.01. The third kappa shape index (κ3) is 6.47. The van der Waals surface area contributed by atoms with Crippen molar-refractivity contribution in [2.45, 2.75) is 71.7 Å². The lowest BCUT2D eigenvalue weighted by molar-refractivity contribution is -0.133. The van der Waals surface area contributed by atoms with Crippen molar-refractivity contribution in [3.8, 4) is 0 Å². The van der Waals surface area contributed by atoms with Crippen molar-refractivity contribution in [2.75, 3.05) is 39.6 Å². The van der Waals surface area contributed by atoms with Gasteiger partial charge in [0.25, 0.3) is 0 Å². The third-order valence-corrected chi connectivity index (χ3v) is 5.96. The second kappa shape index (κ2) is 9.13. The highest BCUT2D eigenvalue weighted by Crippen LogP contribution is 2.40. The van der Waals surface area contributed by atoms with Gasteiger partial charge in [0.05, 0.1) is 32.0 Å². The summed E-state index contributed by atoms with van der Waals surface area (Å²) in [7, 11) is 0. The quantitative estimate of drug-likeness (QED) is 0.399. The fourth-order valence-corrected chi connectivity index (χ4v) is 3.22. The van der Waals surface area contributed by atoms with Crippen LogP contribution in [0.5, 0.6) is 0 Å². The molecular weight excluding hydrogens is 388 g/mol. The SMILES string of the molecule is CC(C)(C)OCCOCCOCCCN1C(=O)C(C)(C)N(Br)C1(C)C. The minimum Gasteiger partial charge on any atom is -0.379 e. The first-order valence-electron chi connectivity index (χ1n) is 8.98. The zero-order valence-electron chi connectivity index (χ0n) is 16.9. The molecule has 1 aliphatic heterocycles. The van der Waals surface area contributed by atoms with Crippen LogP contribution >= 0.6 is 16.1 Å². The molecule has 6 nitrogen and oxygen atoms in total. The first-order valence-corrected chi connectivity index (χ1v) is 9.69. The van der Waals surface area contributed by atoms with Crippen LogP contribution in [0.4, 0.5) is 0 Å². The molecule has 1 amide bonds. The van der Waals surface area contributed by atoms with Crippen LogP contribution < -0.4 is 0 Å². The third-order valence-electron chi connectivity index (χ3n) is 4.21. The molecule has 0 aromatic carbocycles. The topological polar surface area (TPSA) is 51.2 Å². The Morgan fingerprint density at radius 1 is 0.960 bits per heavy atom. The largest absolute Gasteiger partial charge is 0.379 e. The van der Waals surface area contributed by atoms with Crippen LogP contribution in [0.25, 0.3) is 0 Å². The maximum absolute atomic E-state index is 12.6. The molecule has 0 aromatic rings. The van der Waals surface area contributed by atoms with Crippen molar-refractivity contribution < 1.29 is 19.0 Å². The maximum atomic E-state index is 12.6. The number of ether oxygens (including phenoxy) is 3. The maximum Gasteiger partial charge on any atom is 0.244 e. The number of carbonyl (C=O) groups is 1. The van der Waals surface area contributed by atoms with Crippen LogP contribution in [-0.4, -0.2) is 71.1 Å². The van der Waals surface area contributed by atoms with Crippen molar-refractivity contribution in [1.82, 2.24) is 8.83 Å². The Bertz CT molecular complexity index is 435. The van der Waals surface area contributed by atoms with Gasteiger partial charge in [-0.05, 0) is 54.9 Å². The van der Waals surface area contributed by atoms with E-state index in [-0.39, 0.29) is 17.2 Å². The number of rotatable bonds is 10. The molecule has 0 aromatic heterocycles. The van der Waals surface area contributed by atoms with Crippen molar-refractivity contribution >= 4 is 22.1 Å². The molecule has 0 spiro atoms. The zero-order chi connectivity index (χ0) is 19.3. The number of nitrogens with zero attached hydrogens (tertiary/aromatic N) is 2. The number of halogens is 1. The van der Waals surface area contributed by atoms with E-state index in [1.54, 1.807) is 0 Å². The first-order chi connectivity index (χ1) is 11.4. The summed E-state index contributed by atoms with van der Waals surface area (Å²) >= 11 is 3.55. The molecule has 1 saturated heterocycles. The summed E-state index contributed by atoms with van der Waals surface area (Å²) in [6.07, 6.45) is 0.805. The molecule has 25 heavy (non-hydrogen) atoms. The molecule has 7 heteroatoms. The number of amides is 1. The van der Waals surface area contributed by atoms with Gasteiger partial charge in [0.2, 0.25) is 5.91 Å². The molecular formula is C18H35BrN2O4. The van der Waals surface area contributed by atoms with Gasteiger partial charge in [-0.1, -0.05) is 0 Å². The fraction of sp³-hybridized carbons (Fsp3) is 0.944. The van der Waals surface area contributed by atoms with E-state index in [9.17, 15) is 4.79 Å². The number of hydrogen-bond donors (Lipinski definition) is 0. The lowest BCUT2D eigenvalue weighted by Crippen LogP contribution is -2.47. The molecule has 1 rings (SSSR count). The van der Waals surface area contributed by atoms with E-state index in [4.69, 9.17) is 14.2 Å². The summed E-state index contributed by atoms with van der Waals surface area (Å²) in [6, 6.07) is 0. The van der Waals surface area contributed by atoms with Gasteiger partial charge in [0, 0.05) is 29.3 Å². The van der Waals surface area contributed by atoms with Gasteiger partial charge in [-0.3, -0.25) is 4.79 Å². The van der Waals surface area contributed by atoms with Crippen LogP contribution in [0, 0.1) is 0 Å². The van der Waals surface area contributed by atoms with Gasteiger partial charge in [-0.25, -0.2) is 3.93 Å². The van der Waals surface area contributed by atoms with Crippen LogP contribution in [-0.2, 0) is 19.0 Å². The Kier molecular flexibility index (Phi) is 8.34. The molecule has 148 valence electrons. The highest BCUT2D eigenvalue weighted by atomic mass is 79.9. The van der Waals surface area contributed by atoms with E-state index in [1.165, 1.54) is 0 Å². The molecule has 0 bridgehead atoms. The second-order valence-electron chi connectivity index (χ2n) is 8.33. The Labute approximate surface area is 161 Å². The van der Waals surface area contributed by atoms with Gasteiger partial charge < -0.3 is 19.1 Å². The van der Waals surface area contributed by atoms with Gasteiger partial charge in [0.15, 0.2) is 0 Å². The van der Waals surface area contributed by atoms with Crippen LogP contribution in [0.3, 0.4) is 0 Å². The minimum absolute atomic E-state index is 0.125. The molecule has 1 heterocycles. The predicted molar refractivity (Wildman–Crippen MR) is 103 cm³/mol. The number of carbonyl (C=O) groups excluding carboxylic acids is 1. The van der Waals surface area contributed by atoms with Crippen LogP contribution in [0.15, 0.2) is 0 Å². The summed E-state index contributed by atoms with van der Waals surface area (Å²) in [5.74, 6) is 0.136. The van der Waals surface area contributed by atoms with E-state index in [1.807, 2.05) is 57.3 Å². The standard InChI is InChI=1S/C18H35BrN2O4/c1-16(2,3)25-14-13-24-12-11-23-10-8-9-20-15(22)17(4,5)21(19)18(20,6)7/h8-14H2,1-7H3. The highest BCUT2D eigenvalue weighted by Gasteiger charge is 2.55. The molecule has 1 aliphatic rings. The van der Waals surface area contributed by atoms with Crippen molar-refractivity contribution in [3.05, 3.63) is 0 Å². The van der Waals surface area contributed by atoms with Crippen molar-refractivity contribution in [1.29, 1.82) is 0 Å². The smallest absolute Gasteiger partial charge is 0.244 e. The summed E-state index contributed by atoms with van der Waals surface area (Å²) in [5, 5.41) is 0. The van der Waals surface area contributed by atoms with E-state index in [2.05, 4.69) is 16.1 Å². The van der Waals surface area contributed by atoms with Crippen molar-refractivity contribution in [2.24, 2.45) is 0 Å². The van der Waals surface area contributed by atoms with Crippen LogP contribution in [0.1, 0.15) is 54.9 Å². The Morgan fingerprint density at radius 3 is 1.96 bits per heavy atom. The van der Waals surface area contributed by atoms with Gasteiger partial charge in [-0.2, -0.15) is 0 Å². The molecule has 0 N–H and O–H groups in total. The van der Waals surface area contributed by atoms with E-state index in [0.29, 0.717) is 39.6 Å². The van der Waals surface area contributed by atoms with Crippen LogP contribution in [0.2, 0.25) is 0 Å². The summed E-state index contributed by atoms with van der Waals surface area (Å²) in [4.78, 5) is 14.5. The van der Waals surface area contributed by atoms with Gasteiger partial charge in [-0.15, -0.1) is 0 Å². The van der Waals surface area contributed by atoms with Gasteiger partial charge >= 0.3 is 0 Å². The molecule has 0 aliphatic carbocycles. The molecule has 1 fully saturated rings. The first kappa shape index (κ1) is 22.8. The molecule has 0 atom stereocenters. The van der Waals surface area contributed by atoms with E-state index >= 15 is 0 Å². The summed E-state index contributed by atoms with van der Waals surface area (Å²) < 4.78 is 18.6. The lowest BCUT2D eigenvalue weighted by Gasteiger charge is -2.35. The fourth-order valence-electron chi connectivity index (χ4n) is 2.88. The van der Waals surface area contributed by atoms with E-state index < -0.39 is 5.54 Å².